The predicted octanol–water partition coefficient (Wildman–Crippen LogP) is -3.76. The van der Waals surface area contributed by atoms with Crippen LogP contribution in [0.2, 0.25) is 0 Å². The van der Waals surface area contributed by atoms with Crippen LogP contribution >= 0.6 is 0 Å². The molecule has 11 heteroatoms. The third-order valence-electron chi connectivity index (χ3n) is 3.03. The van der Waals surface area contributed by atoms with Crippen molar-refractivity contribution in [3.05, 3.63) is 0 Å². The quantitative estimate of drug-likeness (QED) is 0.175. The smallest absolute Gasteiger partial charge is 0.328 e. The largest absolute Gasteiger partial charge is 0.480 e. The number of rotatable bonds is 12. The van der Waals surface area contributed by atoms with Crippen molar-refractivity contribution in [2.75, 3.05) is 26.2 Å². The molecule has 0 heterocycles. The van der Waals surface area contributed by atoms with E-state index in [9.17, 15) is 19.2 Å². The predicted molar refractivity (Wildman–Crippen MR) is 83.6 cm³/mol. The van der Waals surface area contributed by atoms with Crippen LogP contribution in [0.15, 0.2) is 0 Å². The monoisotopic (exact) mass is 347 g/mol. The third-order valence-corrected chi connectivity index (χ3v) is 3.03. The van der Waals surface area contributed by atoms with Crippen molar-refractivity contribution in [2.24, 2.45) is 11.5 Å². The molecule has 0 bridgehead atoms. The molecule has 0 aliphatic rings. The summed E-state index contributed by atoms with van der Waals surface area (Å²) in [5.74, 6) is -3.29. The second kappa shape index (κ2) is 12.2. The Morgan fingerprint density at radius 1 is 0.958 bits per heavy atom. The first-order chi connectivity index (χ1) is 11.3. The van der Waals surface area contributed by atoms with E-state index in [1.165, 1.54) is 0 Å². The van der Waals surface area contributed by atoms with Crippen molar-refractivity contribution in [1.82, 2.24) is 16.0 Å². The molecule has 2 atom stereocenters. The molecule has 0 aromatic heterocycles. The maximum atomic E-state index is 12.1. The third kappa shape index (κ3) is 9.02. The summed E-state index contributed by atoms with van der Waals surface area (Å²) in [6.07, 6.45) is 1.38. The number of carboxylic acids is 1. The highest BCUT2D eigenvalue weighted by molar-refractivity contribution is 5.92. The molecule has 0 saturated carbocycles. The second-order valence-corrected chi connectivity index (χ2v) is 4.97. The molecule has 0 radical (unpaired) electrons. The number of amides is 3. The van der Waals surface area contributed by atoms with Gasteiger partial charge in [0.05, 0.1) is 19.7 Å². The van der Waals surface area contributed by atoms with Gasteiger partial charge in [-0.05, 0) is 25.8 Å². The SMILES string of the molecule is NCCCCC(NC(=O)CNC(=O)CN)C(=O)NC(CO)C(=O)O. The van der Waals surface area contributed by atoms with Gasteiger partial charge in [0.1, 0.15) is 12.1 Å². The summed E-state index contributed by atoms with van der Waals surface area (Å²) in [6, 6.07) is -2.48. The van der Waals surface area contributed by atoms with Crippen LogP contribution in [0.4, 0.5) is 0 Å². The van der Waals surface area contributed by atoms with Crippen molar-refractivity contribution >= 4 is 23.7 Å². The zero-order chi connectivity index (χ0) is 18.5. The van der Waals surface area contributed by atoms with Crippen LogP contribution in [0, 0.1) is 0 Å². The molecule has 0 saturated heterocycles. The van der Waals surface area contributed by atoms with E-state index in [0.717, 1.165) is 0 Å². The standard InChI is InChI=1S/C13H25N5O6/c14-4-2-1-3-8(12(22)18-9(7-19)13(23)24)17-11(21)6-16-10(20)5-15/h8-9,19H,1-7,14-15H2,(H,16,20)(H,17,21)(H,18,22)(H,23,24). The number of hydrogen-bond donors (Lipinski definition) is 7. The number of hydrogen-bond acceptors (Lipinski definition) is 7. The van der Waals surface area contributed by atoms with E-state index in [2.05, 4.69) is 16.0 Å². The molecule has 0 rings (SSSR count). The topological polar surface area (TPSA) is 197 Å². The zero-order valence-corrected chi connectivity index (χ0v) is 13.3. The molecule has 3 amide bonds. The van der Waals surface area contributed by atoms with Gasteiger partial charge >= 0.3 is 5.97 Å². The molecule has 0 fully saturated rings. The summed E-state index contributed by atoms with van der Waals surface area (Å²) < 4.78 is 0. The number of aliphatic hydroxyl groups is 1. The Hall–Kier alpha value is -2.24. The number of carbonyl (C=O) groups is 4. The molecular formula is C13H25N5O6. The summed E-state index contributed by atoms with van der Waals surface area (Å²) in [5.41, 5.74) is 10.5. The lowest BCUT2D eigenvalue weighted by molar-refractivity contribution is -0.143. The Labute approximate surface area is 139 Å². The fourth-order valence-electron chi connectivity index (χ4n) is 1.72. The number of aliphatic carboxylic acids is 1. The fraction of sp³-hybridized carbons (Fsp3) is 0.692. The molecular weight excluding hydrogens is 322 g/mol. The van der Waals surface area contributed by atoms with Gasteiger partial charge in [0.15, 0.2) is 0 Å². The van der Waals surface area contributed by atoms with E-state index >= 15 is 0 Å². The Balaban J connectivity index is 4.70. The van der Waals surface area contributed by atoms with Crippen LogP contribution in [0.5, 0.6) is 0 Å². The molecule has 24 heavy (non-hydrogen) atoms. The van der Waals surface area contributed by atoms with Gasteiger partial charge in [0, 0.05) is 0 Å². The fourth-order valence-corrected chi connectivity index (χ4v) is 1.72. The van der Waals surface area contributed by atoms with Crippen molar-refractivity contribution in [3.8, 4) is 0 Å². The number of nitrogens with two attached hydrogens (primary N) is 2. The minimum atomic E-state index is -1.47. The van der Waals surface area contributed by atoms with Gasteiger partial charge in [0.25, 0.3) is 0 Å². The van der Waals surface area contributed by atoms with Crippen molar-refractivity contribution in [3.63, 3.8) is 0 Å². The molecule has 11 nitrogen and oxygen atoms in total. The maximum absolute atomic E-state index is 12.1. The molecule has 0 aliphatic heterocycles. The molecule has 138 valence electrons. The Bertz CT molecular complexity index is 445. The number of carbonyl (C=O) groups excluding carboxylic acids is 3. The van der Waals surface area contributed by atoms with E-state index in [0.29, 0.717) is 19.4 Å². The van der Waals surface area contributed by atoms with Gasteiger partial charge in [-0.25, -0.2) is 4.79 Å². The van der Waals surface area contributed by atoms with E-state index in [-0.39, 0.29) is 19.5 Å². The van der Waals surface area contributed by atoms with Crippen LogP contribution in [0.1, 0.15) is 19.3 Å². The second-order valence-electron chi connectivity index (χ2n) is 4.97. The molecule has 9 N–H and O–H groups in total. The van der Waals surface area contributed by atoms with Gasteiger partial charge < -0.3 is 37.6 Å². The van der Waals surface area contributed by atoms with E-state index < -0.39 is 42.4 Å². The maximum Gasteiger partial charge on any atom is 0.328 e. The lowest BCUT2D eigenvalue weighted by Crippen LogP contribution is -2.54. The van der Waals surface area contributed by atoms with Crippen molar-refractivity contribution < 1.29 is 29.4 Å². The van der Waals surface area contributed by atoms with Gasteiger partial charge in [-0.1, -0.05) is 0 Å². The van der Waals surface area contributed by atoms with Crippen LogP contribution in [0.25, 0.3) is 0 Å². The van der Waals surface area contributed by atoms with Gasteiger partial charge in [-0.15, -0.1) is 0 Å². The number of unbranched alkanes of at least 4 members (excludes halogenated alkanes) is 1. The Morgan fingerprint density at radius 2 is 1.62 bits per heavy atom. The minimum Gasteiger partial charge on any atom is -0.480 e. The summed E-state index contributed by atoms with van der Waals surface area (Å²) >= 11 is 0. The average Bonchev–Trinajstić information content (AvgIpc) is 2.56. The first-order valence-electron chi connectivity index (χ1n) is 7.45. The Kier molecular flexibility index (Phi) is 11.1. The van der Waals surface area contributed by atoms with Crippen LogP contribution in [-0.4, -0.2) is 72.2 Å². The summed E-state index contributed by atoms with van der Waals surface area (Å²) in [7, 11) is 0. The highest BCUT2D eigenvalue weighted by Gasteiger charge is 2.25. The molecule has 2 unspecified atom stereocenters. The molecule has 0 spiro atoms. The number of carboxylic acid groups (broad SMARTS) is 1. The summed E-state index contributed by atoms with van der Waals surface area (Å²) in [4.78, 5) is 45.7. The molecule has 0 aliphatic carbocycles. The normalized spacial score (nSPS) is 12.8. The summed E-state index contributed by atoms with van der Waals surface area (Å²) in [6.45, 7) is -1.01. The van der Waals surface area contributed by atoms with Crippen molar-refractivity contribution in [2.45, 2.75) is 31.3 Å². The highest BCUT2D eigenvalue weighted by Crippen LogP contribution is 2.02. The number of aliphatic hydroxyl groups excluding tert-OH is 1. The lowest BCUT2D eigenvalue weighted by atomic mass is 10.1. The average molecular weight is 347 g/mol. The van der Waals surface area contributed by atoms with Crippen LogP contribution in [0.3, 0.4) is 0 Å². The van der Waals surface area contributed by atoms with E-state index in [1.807, 2.05) is 0 Å². The molecule has 0 aromatic rings. The highest BCUT2D eigenvalue weighted by atomic mass is 16.4. The lowest BCUT2D eigenvalue weighted by Gasteiger charge is -2.20. The number of nitrogens with one attached hydrogen (secondary N) is 3. The van der Waals surface area contributed by atoms with E-state index in [4.69, 9.17) is 21.7 Å². The minimum absolute atomic E-state index is 0.234. The summed E-state index contributed by atoms with van der Waals surface area (Å²) in [5, 5.41) is 24.6. The first-order valence-corrected chi connectivity index (χ1v) is 7.45. The van der Waals surface area contributed by atoms with E-state index in [1.54, 1.807) is 0 Å². The Morgan fingerprint density at radius 3 is 2.12 bits per heavy atom. The van der Waals surface area contributed by atoms with Crippen LogP contribution in [-0.2, 0) is 19.2 Å². The zero-order valence-electron chi connectivity index (χ0n) is 13.3. The van der Waals surface area contributed by atoms with Gasteiger partial charge in [-0.3, -0.25) is 14.4 Å². The van der Waals surface area contributed by atoms with Crippen molar-refractivity contribution in [1.29, 1.82) is 0 Å². The van der Waals surface area contributed by atoms with Gasteiger partial charge in [-0.2, -0.15) is 0 Å². The van der Waals surface area contributed by atoms with Crippen LogP contribution < -0.4 is 27.4 Å². The molecule has 0 aromatic carbocycles. The first kappa shape index (κ1) is 21.8. The van der Waals surface area contributed by atoms with Gasteiger partial charge in [0.2, 0.25) is 17.7 Å².